The third kappa shape index (κ3) is 4.36. The summed E-state index contributed by atoms with van der Waals surface area (Å²) >= 11 is 5.55. The molecule has 0 amide bonds. The summed E-state index contributed by atoms with van der Waals surface area (Å²) in [6.45, 7) is 3.65. The summed E-state index contributed by atoms with van der Waals surface area (Å²) < 4.78 is 5.08. The molecule has 0 aromatic heterocycles. The Balaban J connectivity index is 2.38. The van der Waals surface area contributed by atoms with Crippen molar-refractivity contribution in [1.29, 1.82) is 0 Å². The molecule has 82 valence electrons. The van der Waals surface area contributed by atoms with Crippen LogP contribution in [-0.4, -0.2) is 13.7 Å². The first-order valence-electron chi connectivity index (χ1n) is 4.85. The molecule has 1 rings (SSSR count). The van der Waals surface area contributed by atoms with Crippen LogP contribution in [0, 0.1) is 0 Å². The van der Waals surface area contributed by atoms with Gasteiger partial charge in [-0.05, 0) is 30.2 Å². The average molecular weight is 226 g/mol. The van der Waals surface area contributed by atoms with Crippen LogP contribution in [0.3, 0.4) is 0 Å². The molecule has 0 spiro atoms. The molecule has 0 aliphatic heterocycles. The Labute approximate surface area is 95.9 Å². The van der Waals surface area contributed by atoms with E-state index in [4.69, 9.17) is 16.3 Å². The summed E-state index contributed by atoms with van der Waals surface area (Å²) in [7, 11) is 1.67. The van der Waals surface area contributed by atoms with Gasteiger partial charge in [-0.25, -0.2) is 0 Å². The van der Waals surface area contributed by atoms with E-state index in [1.165, 1.54) is 5.56 Å². The number of hydrogen-bond donors (Lipinski definition) is 1. The van der Waals surface area contributed by atoms with Crippen LogP contribution in [0.15, 0.2) is 35.4 Å². The van der Waals surface area contributed by atoms with Gasteiger partial charge in [0.05, 0.1) is 7.11 Å². The van der Waals surface area contributed by atoms with Gasteiger partial charge in [-0.3, -0.25) is 0 Å². The van der Waals surface area contributed by atoms with Gasteiger partial charge in [0.15, 0.2) is 0 Å². The molecule has 15 heavy (non-hydrogen) atoms. The summed E-state index contributed by atoms with van der Waals surface area (Å²) in [4.78, 5) is 0. The van der Waals surface area contributed by atoms with Crippen molar-refractivity contribution in [2.24, 2.45) is 0 Å². The minimum absolute atomic E-state index is 0.815. The zero-order valence-electron chi connectivity index (χ0n) is 9.09. The van der Waals surface area contributed by atoms with Crippen molar-refractivity contribution in [3.05, 3.63) is 40.9 Å². The van der Waals surface area contributed by atoms with E-state index in [1.54, 1.807) is 12.6 Å². The zero-order valence-corrected chi connectivity index (χ0v) is 9.84. The molecule has 0 atom stereocenters. The Morgan fingerprint density at radius 2 is 2.07 bits per heavy atom. The van der Waals surface area contributed by atoms with Crippen LogP contribution in [0.2, 0.25) is 0 Å². The fraction of sp³-hybridized carbons (Fsp3) is 0.333. The lowest BCUT2D eigenvalue weighted by atomic mass is 10.2. The first kappa shape index (κ1) is 12.1. The molecule has 1 N–H and O–H groups in total. The molecule has 0 saturated carbocycles. The van der Waals surface area contributed by atoms with E-state index < -0.39 is 0 Å². The Morgan fingerprint density at radius 1 is 1.40 bits per heavy atom. The monoisotopic (exact) mass is 225 g/mol. The Bertz CT molecular complexity index is 319. The van der Waals surface area contributed by atoms with Gasteiger partial charge in [0.25, 0.3) is 0 Å². The van der Waals surface area contributed by atoms with Crippen LogP contribution in [0.25, 0.3) is 0 Å². The predicted octanol–water partition coefficient (Wildman–Crippen LogP) is 2.93. The van der Waals surface area contributed by atoms with Crippen molar-refractivity contribution in [2.75, 3.05) is 13.7 Å². The van der Waals surface area contributed by atoms with Gasteiger partial charge in [-0.15, -0.1) is 0 Å². The van der Waals surface area contributed by atoms with Gasteiger partial charge in [0, 0.05) is 18.6 Å². The minimum Gasteiger partial charge on any atom is -0.497 e. The second-order valence-corrected chi connectivity index (χ2v) is 3.63. The van der Waals surface area contributed by atoms with E-state index >= 15 is 0 Å². The Kier molecular flexibility index (Phi) is 5.22. The van der Waals surface area contributed by atoms with Crippen LogP contribution >= 0.6 is 11.6 Å². The highest BCUT2D eigenvalue weighted by Gasteiger charge is 1.94. The maximum Gasteiger partial charge on any atom is 0.118 e. The van der Waals surface area contributed by atoms with E-state index in [0.717, 1.165) is 24.4 Å². The molecular formula is C12H16ClNO. The number of hydrogen-bond acceptors (Lipinski definition) is 2. The highest BCUT2D eigenvalue weighted by molar-refractivity contribution is 6.25. The fourth-order valence-corrected chi connectivity index (χ4v) is 1.26. The number of halogens is 1. The smallest absolute Gasteiger partial charge is 0.118 e. The van der Waals surface area contributed by atoms with E-state index in [-0.39, 0.29) is 0 Å². The normalized spacial score (nSPS) is 11.5. The third-order valence-electron chi connectivity index (χ3n) is 2.08. The molecule has 0 bridgehead atoms. The van der Waals surface area contributed by atoms with Crippen molar-refractivity contribution < 1.29 is 4.74 Å². The number of methoxy groups -OCH3 is 1. The summed E-state index contributed by atoms with van der Waals surface area (Å²) in [6, 6.07) is 8.01. The number of nitrogens with one attached hydrogen (secondary N) is 1. The lowest BCUT2D eigenvalue weighted by Crippen LogP contribution is -2.15. The van der Waals surface area contributed by atoms with Crippen molar-refractivity contribution in [3.8, 4) is 5.75 Å². The van der Waals surface area contributed by atoms with Gasteiger partial charge >= 0.3 is 0 Å². The van der Waals surface area contributed by atoms with Crippen LogP contribution in [-0.2, 0) is 6.54 Å². The SMILES string of the molecule is COc1ccc(CNC/C(C)=C/Cl)cc1. The van der Waals surface area contributed by atoms with E-state index in [2.05, 4.69) is 5.32 Å². The maximum absolute atomic E-state index is 5.55. The molecule has 0 saturated heterocycles. The van der Waals surface area contributed by atoms with Gasteiger partial charge < -0.3 is 10.1 Å². The first-order chi connectivity index (χ1) is 7.26. The van der Waals surface area contributed by atoms with Gasteiger partial charge in [-0.1, -0.05) is 23.7 Å². The molecule has 0 heterocycles. The van der Waals surface area contributed by atoms with E-state index in [9.17, 15) is 0 Å². The lowest BCUT2D eigenvalue weighted by Gasteiger charge is -2.05. The fourth-order valence-electron chi connectivity index (χ4n) is 1.19. The molecule has 0 radical (unpaired) electrons. The van der Waals surface area contributed by atoms with Gasteiger partial charge in [0.1, 0.15) is 5.75 Å². The van der Waals surface area contributed by atoms with Gasteiger partial charge in [0.2, 0.25) is 0 Å². The van der Waals surface area contributed by atoms with Crippen molar-refractivity contribution in [3.63, 3.8) is 0 Å². The highest BCUT2D eigenvalue weighted by atomic mass is 35.5. The summed E-state index contributed by atoms with van der Waals surface area (Å²) in [5, 5.41) is 3.30. The molecule has 2 nitrogen and oxygen atoms in total. The predicted molar refractivity (Wildman–Crippen MR) is 64.3 cm³/mol. The molecule has 0 aliphatic rings. The second-order valence-electron chi connectivity index (χ2n) is 3.41. The standard InChI is InChI=1S/C12H16ClNO/c1-10(7-13)8-14-9-11-3-5-12(15-2)6-4-11/h3-7,14H,8-9H2,1-2H3/b10-7+. The number of benzene rings is 1. The van der Waals surface area contributed by atoms with Gasteiger partial charge in [-0.2, -0.15) is 0 Å². The molecule has 0 fully saturated rings. The van der Waals surface area contributed by atoms with Crippen molar-refractivity contribution in [2.45, 2.75) is 13.5 Å². The minimum atomic E-state index is 0.815. The third-order valence-corrected chi connectivity index (χ3v) is 2.45. The summed E-state index contributed by atoms with van der Waals surface area (Å²) in [5.41, 5.74) is 3.96. The molecular weight excluding hydrogens is 210 g/mol. The molecule has 0 aliphatic carbocycles. The quantitative estimate of drug-likeness (QED) is 0.832. The molecule has 0 unspecified atom stereocenters. The van der Waals surface area contributed by atoms with Crippen LogP contribution in [0.1, 0.15) is 12.5 Å². The first-order valence-corrected chi connectivity index (χ1v) is 5.29. The number of ether oxygens (including phenoxy) is 1. The Hall–Kier alpha value is -0.990. The molecule has 3 heteroatoms. The Morgan fingerprint density at radius 3 is 2.60 bits per heavy atom. The van der Waals surface area contributed by atoms with Crippen molar-refractivity contribution in [1.82, 2.24) is 5.32 Å². The summed E-state index contributed by atoms with van der Waals surface area (Å²) in [6.07, 6.45) is 0. The van der Waals surface area contributed by atoms with Crippen molar-refractivity contribution >= 4 is 11.6 Å². The molecule has 1 aromatic rings. The molecule has 1 aromatic carbocycles. The average Bonchev–Trinajstić information content (AvgIpc) is 2.29. The topological polar surface area (TPSA) is 21.3 Å². The lowest BCUT2D eigenvalue weighted by molar-refractivity contribution is 0.414. The highest BCUT2D eigenvalue weighted by Crippen LogP contribution is 2.10. The van der Waals surface area contributed by atoms with Crippen LogP contribution in [0.5, 0.6) is 5.75 Å². The zero-order chi connectivity index (χ0) is 11.1. The second kappa shape index (κ2) is 6.49. The number of rotatable bonds is 5. The van der Waals surface area contributed by atoms with E-state index in [0.29, 0.717) is 0 Å². The van der Waals surface area contributed by atoms with Crippen LogP contribution in [0.4, 0.5) is 0 Å². The maximum atomic E-state index is 5.55. The van der Waals surface area contributed by atoms with Crippen LogP contribution < -0.4 is 10.1 Å². The largest absolute Gasteiger partial charge is 0.497 e. The van der Waals surface area contributed by atoms with E-state index in [1.807, 2.05) is 31.2 Å². The summed E-state index contributed by atoms with van der Waals surface area (Å²) in [5.74, 6) is 0.885.